The number of esters is 2. The maximum atomic E-state index is 12.8. The number of aromatic nitrogens is 1. The van der Waals surface area contributed by atoms with E-state index < -0.39 is 23.8 Å². The molecular weight excluding hydrogens is 394 g/mol. The van der Waals surface area contributed by atoms with Crippen LogP contribution in [0.25, 0.3) is 0 Å². The van der Waals surface area contributed by atoms with Crippen molar-refractivity contribution in [3.63, 3.8) is 0 Å². The molecule has 0 saturated heterocycles. The Morgan fingerprint density at radius 2 is 1.76 bits per heavy atom. The highest BCUT2D eigenvalue weighted by atomic mass is 32.2. The van der Waals surface area contributed by atoms with E-state index in [1.807, 2.05) is 0 Å². The van der Waals surface area contributed by atoms with Gasteiger partial charge in [0.2, 0.25) is 5.78 Å². The Morgan fingerprint density at radius 1 is 1.10 bits per heavy atom. The largest absolute Gasteiger partial charge is 0.465 e. The summed E-state index contributed by atoms with van der Waals surface area (Å²) in [7, 11) is 1.27. The molecule has 0 fully saturated rings. The maximum absolute atomic E-state index is 12.8. The zero-order valence-corrected chi connectivity index (χ0v) is 17.8. The van der Waals surface area contributed by atoms with Crippen LogP contribution in [0.2, 0.25) is 0 Å². The lowest BCUT2D eigenvalue weighted by atomic mass is 10.1. The Kier molecular flexibility index (Phi) is 7.39. The Labute approximate surface area is 173 Å². The van der Waals surface area contributed by atoms with E-state index in [2.05, 4.69) is 4.98 Å². The Hall–Kier alpha value is -2.87. The molecule has 0 bridgehead atoms. The van der Waals surface area contributed by atoms with Gasteiger partial charge in [-0.2, -0.15) is 0 Å². The number of Topliss-reactive ketones (excluding diaryl/α,β-unsaturated/α-hetero) is 2. The molecule has 0 saturated carbocycles. The predicted octanol–water partition coefficient (Wildman–Crippen LogP) is 3.53. The number of hydrogen-bond acceptors (Lipinski definition) is 7. The molecule has 1 heterocycles. The minimum Gasteiger partial charge on any atom is -0.465 e. The molecule has 2 rings (SSSR count). The van der Waals surface area contributed by atoms with Gasteiger partial charge in [0.1, 0.15) is 5.78 Å². The zero-order valence-electron chi connectivity index (χ0n) is 17.0. The molecule has 1 atom stereocenters. The molecule has 0 spiro atoms. The second kappa shape index (κ2) is 9.56. The first-order valence-electron chi connectivity index (χ1n) is 8.91. The number of benzene rings is 1. The number of nitrogens with one attached hydrogen (secondary N) is 1. The van der Waals surface area contributed by atoms with Crippen molar-refractivity contribution in [3.05, 3.63) is 52.3 Å². The molecule has 1 N–H and O–H groups in total. The normalized spacial score (nSPS) is 11.6. The minimum absolute atomic E-state index is 0.0132. The summed E-state index contributed by atoms with van der Waals surface area (Å²) in [6.07, 6.45) is -1.07. The number of aromatic amines is 1. The summed E-state index contributed by atoms with van der Waals surface area (Å²) in [6.45, 7) is 6.23. The quantitative estimate of drug-likeness (QED) is 0.398. The summed E-state index contributed by atoms with van der Waals surface area (Å²) >= 11 is 1.24. The van der Waals surface area contributed by atoms with Gasteiger partial charge in [-0.3, -0.25) is 9.59 Å². The van der Waals surface area contributed by atoms with Crippen molar-refractivity contribution in [1.82, 2.24) is 4.98 Å². The highest BCUT2D eigenvalue weighted by Crippen LogP contribution is 2.25. The number of methoxy groups -OCH3 is 1. The van der Waals surface area contributed by atoms with E-state index >= 15 is 0 Å². The zero-order chi connectivity index (χ0) is 21.7. The van der Waals surface area contributed by atoms with Gasteiger partial charge >= 0.3 is 11.9 Å². The van der Waals surface area contributed by atoms with E-state index in [4.69, 9.17) is 9.47 Å². The number of carbonyl (C=O) groups is 4. The molecule has 29 heavy (non-hydrogen) atoms. The van der Waals surface area contributed by atoms with Crippen molar-refractivity contribution in [2.24, 2.45) is 0 Å². The lowest BCUT2D eigenvalue weighted by Gasteiger charge is -2.14. The molecule has 7 nitrogen and oxygen atoms in total. The fourth-order valence-corrected chi connectivity index (χ4v) is 3.67. The molecule has 1 aromatic carbocycles. The number of hydrogen-bond donors (Lipinski definition) is 1. The molecule has 2 aromatic rings. The molecular formula is C21H23NO6S. The van der Waals surface area contributed by atoms with Gasteiger partial charge in [-0.1, -0.05) is 12.1 Å². The smallest absolute Gasteiger partial charge is 0.339 e. The molecule has 0 aliphatic rings. The van der Waals surface area contributed by atoms with Gasteiger partial charge in [0.25, 0.3) is 0 Å². The topological polar surface area (TPSA) is 103 Å². The molecule has 0 radical (unpaired) electrons. The van der Waals surface area contributed by atoms with Crippen LogP contribution in [0, 0.1) is 13.8 Å². The van der Waals surface area contributed by atoms with Crippen LogP contribution in [0.3, 0.4) is 0 Å². The number of ketones is 2. The van der Waals surface area contributed by atoms with Crippen LogP contribution >= 0.6 is 11.8 Å². The first kappa shape index (κ1) is 22.4. The van der Waals surface area contributed by atoms with E-state index in [-0.39, 0.29) is 22.8 Å². The third-order valence-electron chi connectivity index (χ3n) is 4.26. The number of carbonyl (C=O) groups excluding carboxylic acids is 4. The number of ether oxygens (including phenoxy) is 2. The number of rotatable bonds is 8. The van der Waals surface area contributed by atoms with Crippen molar-refractivity contribution in [2.45, 2.75) is 38.7 Å². The van der Waals surface area contributed by atoms with Crippen molar-refractivity contribution in [1.29, 1.82) is 0 Å². The van der Waals surface area contributed by atoms with E-state index in [0.29, 0.717) is 21.7 Å². The molecule has 154 valence electrons. The second-order valence-corrected chi connectivity index (χ2v) is 7.53. The van der Waals surface area contributed by atoms with E-state index in [0.717, 1.165) is 0 Å². The summed E-state index contributed by atoms with van der Waals surface area (Å²) in [5, 5.41) is 0. The van der Waals surface area contributed by atoms with Gasteiger partial charge < -0.3 is 14.5 Å². The predicted molar refractivity (Wildman–Crippen MR) is 109 cm³/mol. The first-order valence-corrected chi connectivity index (χ1v) is 9.89. The average Bonchev–Trinajstić information content (AvgIpc) is 2.99. The van der Waals surface area contributed by atoms with Crippen molar-refractivity contribution >= 4 is 35.3 Å². The minimum atomic E-state index is -1.07. The molecule has 0 aliphatic heterocycles. The van der Waals surface area contributed by atoms with Crippen LogP contribution in [-0.2, 0) is 14.3 Å². The third kappa shape index (κ3) is 5.14. The number of aryl methyl sites for hydroxylation is 1. The number of thioether (sulfide) groups is 1. The fourth-order valence-electron chi connectivity index (χ4n) is 2.83. The van der Waals surface area contributed by atoms with Crippen LogP contribution in [0.15, 0.2) is 29.2 Å². The summed E-state index contributed by atoms with van der Waals surface area (Å²) in [5.41, 5.74) is 1.72. The Morgan fingerprint density at radius 3 is 2.38 bits per heavy atom. The molecule has 0 amide bonds. The van der Waals surface area contributed by atoms with Gasteiger partial charge in [-0.15, -0.1) is 11.8 Å². The lowest BCUT2D eigenvalue weighted by molar-refractivity contribution is -0.114. The van der Waals surface area contributed by atoms with Crippen molar-refractivity contribution in [2.75, 3.05) is 12.9 Å². The van der Waals surface area contributed by atoms with Gasteiger partial charge in [-0.05, 0) is 45.4 Å². The second-order valence-electron chi connectivity index (χ2n) is 6.52. The van der Waals surface area contributed by atoms with Crippen LogP contribution in [-0.4, -0.2) is 47.5 Å². The summed E-state index contributed by atoms with van der Waals surface area (Å²) in [6, 6.07) is 6.74. The standard InChI is InChI=1S/C21H23NO6S/c1-11(23)10-29-16-9-7-6-8-15(16)20(25)28-14(4)19(24)18-12(2)17(13(3)22-18)21(26)27-5/h6-9,14,22H,10H2,1-5H3/t14-/m0/s1. The highest BCUT2D eigenvalue weighted by Gasteiger charge is 2.28. The summed E-state index contributed by atoms with van der Waals surface area (Å²) in [5.74, 6) is -1.44. The molecule has 8 heteroatoms. The Bertz CT molecular complexity index is 962. The van der Waals surface area contributed by atoms with Crippen LogP contribution in [0.1, 0.15) is 56.3 Å². The van der Waals surface area contributed by atoms with Crippen molar-refractivity contribution in [3.8, 4) is 0 Å². The van der Waals surface area contributed by atoms with Gasteiger partial charge in [0.05, 0.1) is 29.7 Å². The fraction of sp³-hybridized carbons (Fsp3) is 0.333. The summed E-state index contributed by atoms with van der Waals surface area (Å²) < 4.78 is 10.1. The third-order valence-corrected chi connectivity index (χ3v) is 5.48. The van der Waals surface area contributed by atoms with E-state index in [1.165, 1.54) is 32.7 Å². The van der Waals surface area contributed by atoms with Gasteiger partial charge in [0.15, 0.2) is 6.10 Å². The van der Waals surface area contributed by atoms with Gasteiger partial charge in [-0.25, -0.2) is 9.59 Å². The Balaban J connectivity index is 2.20. The van der Waals surface area contributed by atoms with E-state index in [1.54, 1.807) is 38.1 Å². The maximum Gasteiger partial charge on any atom is 0.339 e. The summed E-state index contributed by atoms with van der Waals surface area (Å²) in [4.78, 5) is 52.0. The van der Waals surface area contributed by atoms with Crippen LogP contribution < -0.4 is 0 Å². The lowest BCUT2D eigenvalue weighted by Crippen LogP contribution is -2.25. The van der Waals surface area contributed by atoms with Crippen LogP contribution in [0.5, 0.6) is 0 Å². The van der Waals surface area contributed by atoms with Crippen LogP contribution in [0.4, 0.5) is 0 Å². The SMILES string of the molecule is COC(=O)c1c(C)[nH]c(C(=O)[C@H](C)OC(=O)c2ccccc2SCC(C)=O)c1C. The molecule has 1 aromatic heterocycles. The molecule has 0 unspecified atom stereocenters. The monoisotopic (exact) mass is 417 g/mol. The average molecular weight is 417 g/mol. The molecule has 0 aliphatic carbocycles. The highest BCUT2D eigenvalue weighted by molar-refractivity contribution is 8.00. The number of H-pyrrole nitrogens is 1. The van der Waals surface area contributed by atoms with Gasteiger partial charge in [0, 0.05) is 10.6 Å². The first-order chi connectivity index (χ1) is 13.7. The van der Waals surface area contributed by atoms with Crippen molar-refractivity contribution < 1.29 is 28.7 Å². The van der Waals surface area contributed by atoms with E-state index in [9.17, 15) is 19.2 Å².